The summed E-state index contributed by atoms with van der Waals surface area (Å²) in [6.07, 6.45) is -0.0767. The summed E-state index contributed by atoms with van der Waals surface area (Å²) in [5.74, 6) is -2.36. The molecule has 0 aromatic carbocycles. The van der Waals surface area contributed by atoms with Gasteiger partial charge in [-0.15, -0.1) is 0 Å². The zero-order valence-electron chi connectivity index (χ0n) is 25.0. The molecule has 0 aromatic rings. The van der Waals surface area contributed by atoms with E-state index in [1.807, 2.05) is 27.7 Å². The Kier molecular flexibility index (Phi) is 12.0. The van der Waals surface area contributed by atoms with Crippen molar-refractivity contribution < 1.29 is 48.1 Å². The van der Waals surface area contributed by atoms with E-state index in [0.29, 0.717) is 25.9 Å². The van der Waals surface area contributed by atoms with E-state index in [1.165, 1.54) is 0 Å². The fourth-order valence-corrected chi connectivity index (χ4v) is 5.47. The number of aliphatic hydroxyl groups excluding tert-OH is 1. The summed E-state index contributed by atoms with van der Waals surface area (Å²) in [6.45, 7) is 16.1. The molecule has 0 aliphatic carbocycles. The molecule has 4 rings (SSSR count). The Morgan fingerprint density at radius 2 is 1.69 bits per heavy atom. The molecule has 0 amide bonds. The average Bonchev–Trinajstić information content (AvgIpc) is 3.33. The molecule has 12 heteroatoms. The Balaban J connectivity index is 0.000000216. The van der Waals surface area contributed by atoms with E-state index in [9.17, 15) is 10.2 Å². The van der Waals surface area contributed by atoms with Crippen molar-refractivity contribution in [3.8, 4) is 0 Å². The van der Waals surface area contributed by atoms with Gasteiger partial charge in [-0.25, -0.2) is 0 Å². The highest BCUT2D eigenvalue weighted by Gasteiger charge is 2.50. The molecule has 39 heavy (non-hydrogen) atoms. The van der Waals surface area contributed by atoms with Crippen LogP contribution in [0.3, 0.4) is 0 Å². The predicted octanol–water partition coefficient (Wildman–Crippen LogP) is 1.17. The van der Waals surface area contributed by atoms with Crippen molar-refractivity contribution in [1.82, 2.24) is 10.2 Å². The van der Waals surface area contributed by atoms with E-state index in [-0.39, 0.29) is 36.8 Å². The molecule has 4 saturated heterocycles. The van der Waals surface area contributed by atoms with E-state index >= 15 is 0 Å². The molecule has 4 aliphatic heterocycles. The van der Waals surface area contributed by atoms with Crippen LogP contribution in [0.5, 0.6) is 0 Å². The molecule has 6 unspecified atom stereocenters. The van der Waals surface area contributed by atoms with Crippen LogP contribution in [0.15, 0.2) is 0 Å². The lowest BCUT2D eigenvalue weighted by Gasteiger charge is -2.38. The Morgan fingerprint density at radius 1 is 1.03 bits per heavy atom. The average molecular weight is 565 g/mol. The lowest BCUT2D eigenvalue weighted by Crippen LogP contribution is -2.54. The lowest BCUT2D eigenvalue weighted by molar-refractivity contribution is -0.230. The maximum Gasteiger partial charge on any atom is 0.163 e. The first-order chi connectivity index (χ1) is 18.2. The Morgan fingerprint density at radius 3 is 2.26 bits per heavy atom. The smallest absolute Gasteiger partial charge is 0.163 e. The van der Waals surface area contributed by atoms with Gasteiger partial charge in [0.25, 0.3) is 0 Å². The minimum atomic E-state index is -1.22. The predicted molar refractivity (Wildman–Crippen MR) is 142 cm³/mol. The Bertz CT molecular complexity index is 724. The van der Waals surface area contributed by atoms with Crippen LogP contribution in [0.25, 0.3) is 0 Å². The zero-order valence-corrected chi connectivity index (χ0v) is 25.0. The molecular formula is C27H52N2O10. The van der Waals surface area contributed by atoms with Gasteiger partial charge in [0, 0.05) is 66.2 Å². The zero-order chi connectivity index (χ0) is 28.8. The molecular weight excluding hydrogens is 512 g/mol. The topological polar surface area (TPSA) is 130 Å². The summed E-state index contributed by atoms with van der Waals surface area (Å²) in [7, 11) is 3.15. The first-order valence-electron chi connectivity index (χ1n) is 14.1. The number of hydrogen-bond acceptors (Lipinski definition) is 12. The van der Waals surface area contributed by atoms with Gasteiger partial charge in [0.2, 0.25) is 0 Å². The number of nitrogens with one attached hydrogen (secondary N) is 1. The van der Waals surface area contributed by atoms with E-state index in [0.717, 1.165) is 32.7 Å². The first-order valence-corrected chi connectivity index (χ1v) is 14.1. The summed E-state index contributed by atoms with van der Waals surface area (Å²) in [5.41, 5.74) is 0. The van der Waals surface area contributed by atoms with Crippen molar-refractivity contribution in [2.75, 3.05) is 53.6 Å². The van der Waals surface area contributed by atoms with Gasteiger partial charge in [0.05, 0.1) is 24.9 Å². The molecule has 4 fully saturated rings. The molecule has 0 radical (unpaired) electrons. The van der Waals surface area contributed by atoms with Gasteiger partial charge >= 0.3 is 0 Å². The minimum Gasteiger partial charge on any atom is -0.368 e. The van der Waals surface area contributed by atoms with E-state index < -0.39 is 23.7 Å². The highest BCUT2D eigenvalue weighted by Crippen LogP contribution is 2.37. The van der Waals surface area contributed by atoms with Gasteiger partial charge in [0.1, 0.15) is 12.2 Å². The number of methoxy groups -OCH3 is 2. The van der Waals surface area contributed by atoms with Gasteiger partial charge in [-0.1, -0.05) is 0 Å². The number of ether oxygens (including phenoxy) is 8. The van der Waals surface area contributed by atoms with E-state index in [1.54, 1.807) is 28.1 Å². The number of hydrogen-bond donors (Lipinski definition) is 3. The Labute approximate surface area is 233 Å². The third-order valence-electron chi connectivity index (χ3n) is 7.03. The molecule has 0 saturated carbocycles. The van der Waals surface area contributed by atoms with Crippen molar-refractivity contribution in [2.24, 2.45) is 0 Å². The van der Waals surface area contributed by atoms with E-state index in [2.05, 4.69) is 10.2 Å². The summed E-state index contributed by atoms with van der Waals surface area (Å²) in [5, 5.41) is 23.0. The molecule has 3 N–H and O–H groups in total. The van der Waals surface area contributed by atoms with Crippen molar-refractivity contribution in [3.05, 3.63) is 0 Å². The third-order valence-corrected chi connectivity index (χ3v) is 7.03. The third kappa shape index (κ3) is 11.0. The quantitative estimate of drug-likeness (QED) is 0.329. The monoisotopic (exact) mass is 564 g/mol. The second-order valence-corrected chi connectivity index (χ2v) is 12.1. The van der Waals surface area contributed by atoms with Crippen molar-refractivity contribution in [1.29, 1.82) is 0 Å². The lowest BCUT2D eigenvalue weighted by atomic mass is 10.0. The van der Waals surface area contributed by atoms with Crippen LogP contribution in [0.2, 0.25) is 0 Å². The second kappa shape index (κ2) is 14.1. The minimum absolute atomic E-state index is 0.0632. The van der Waals surface area contributed by atoms with Crippen molar-refractivity contribution >= 4 is 0 Å². The van der Waals surface area contributed by atoms with Crippen LogP contribution >= 0.6 is 0 Å². The maximum absolute atomic E-state index is 9.85. The van der Waals surface area contributed by atoms with Gasteiger partial charge in [-0.3, -0.25) is 4.90 Å². The number of piperazine rings is 1. The van der Waals surface area contributed by atoms with Crippen LogP contribution < -0.4 is 5.32 Å². The fraction of sp³-hybridized carbons (Fsp3) is 1.00. The highest BCUT2D eigenvalue weighted by molar-refractivity contribution is 4.93. The fourth-order valence-electron chi connectivity index (χ4n) is 5.47. The number of rotatable bonds is 10. The molecule has 4 heterocycles. The van der Waals surface area contributed by atoms with Crippen LogP contribution in [0.1, 0.15) is 60.8 Å². The summed E-state index contributed by atoms with van der Waals surface area (Å²) < 4.78 is 44.9. The summed E-state index contributed by atoms with van der Waals surface area (Å²) in [6, 6.07) is 0. The Hall–Kier alpha value is -0.480. The second-order valence-electron chi connectivity index (χ2n) is 12.1. The van der Waals surface area contributed by atoms with Crippen molar-refractivity contribution in [2.45, 2.75) is 121 Å². The van der Waals surface area contributed by atoms with Gasteiger partial charge < -0.3 is 53.4 Å². The van der Waals surface area contributed by atoms with Crippen LogP contribution in [-0.2, 0) is 37.9 Å². The van der Waals surface area contributed by atoms with Crippen LogP contribution in [0, 0.1) is 0 Å². The van der Waals surface area contributed by atoms with Crippen molar-refractivity contribution in [3.63, 3.8) is 0 Å². The molecule has 0 aromatic heterocycles. The molecule has 6 atom stereocenters. The van der Waals surface area contributed by atoms with Crippen LogP contribution in [0.4, 0.5) is 0 Å². The normalized spacial score (nSPS) is 33.5. The standard InChI is InChI=1S/C14H28O6.C13H24N2O4/c1-13(2,15)19-10(8-12(16-5)17-6)7-11-9-18-14(3,4)20-11;1-13(2)18-9-7-11(16)17-10(12(9)19-13)8-15-5-3-14-4-6-15/h10-12,15H,7-9H2,1-6H3;9-12,14,16H,3-8H2,1-2H3. The maximum atomic E-state index is 9.85. The molecule has 0 bridgehead atoms. The number of fused-ring (bicyclic) bond motifs is 1. The van der Waals surface area contributed by atoms with Gasteiger partial charge in [-0.2, -0.15) is 0 Å². The summed E-state index contributed by atoms with van der Waals surface area (Å²) >= 11 is 0. The molecule has 230 valence electrons. The largest absolute Gasteiger partial charge is 0.368 e. The SMILES string of the molecule is CC1(C)OC2CC(O)OC(CN3CCNCC3)C2O1.COC(CC(CC1COC(C)(C)O1)OC(C)(C)O)OC. The number of nitrogens with zero attached hydrogens (tertiary/aromatic N) is 1. The van der Waals surface area contributed by atoms with Gasteiger partial charge in [-0.05, 0) is 41.5 Å². The molecule has 12 nitrogen and oxygen atoms in total. The molecule has 4 aliphatic rings. The summed E-state index contributed by atoms with van der Waals surface area (Å²) in [4.78, 5) is 2.35. The van der Waals surface area contributed by atoms with Crippen LogP contribution in [-0.4, -0.2) is 129 Å². The van der Waals surface area contributed by atoms with E-state index in [4.69, 9.17) is 37.9 Å². The molecule has 0 spiro atoms. The van der Waals surface area contributed by atoms with Gasteiger partial charge in [0.15, 0.2) is 29.9 Å². The highest BCUT2D eigenvalue weighted by atomic mass is 16.8. The first kappa shape index (κ1) is 33.0. The number of aliphatic hydroxyl groups is 2.